The Labute approximate surface area is 132 Å². The monoisotopic (exact) mass is 313 g/mol. The summed E-state index contributed by atoms with van der Waals surface area (Å²) in [5.74, 6) is -0.0722. The molecule has 0 bridgehead atoms. The zero-order valence-corrected chi connectivity index (χ0v) is 13.1. The fourth-order valence-corrected chi connectivity index (χ4v) is 2.93. The van der Waals surface area contributed by atoms with Crippen molar-refractivity contribution in [1.29, 1.82) is 0 Å². The molecule has 0 heterocycles. The fourth-order valence-electron chi connectivity index (χ4n) is 2.93. The maximum absolute atomic E-state index is 11.4. The standard InChI is InChI=1S/C16H23NO3.ClH/c1-20-16(19)13-9-7-11(8-10-13)14(17)15(18)12-5-3-2-4-6-12;/h7-10,12,14-15,18H,2-6,17H2,1H3;1H/t14-,15+;/m0./s1. The Hall–Kier alpha value is -1.10. The summed E-state index contributed by atoms with van der Waals surface area (Å²) in [5.41, 5.74) is 7.51. The van der Waals surface area contributed by atoms with Crippen LogP contribution in [0.15, 0.2) is 24.3 Å². The topological polar surface area (TPSA) is 72.5 Å². The van der Waals surface area contributed by atoms with Gasteiger partial charge in [-0.05, 0) is 36.5 Å². The Morgan fingerprint density at radius 3 is 2.33 bits per heavy atom. The molecule has 118 valence electrons. The van der Waals surface area contributed by atoms with Crippen molar-refractivity contribution in [2.45, 2.75) is 44.2 Å². The molecule has 0 aliphatic heterocycles. The Balaban J connectivity index is 0.00000220. The maximum Gasteiger partial charge on any atom is 0.337 e. The van der Waals surface area contributed by atoms with Crippen molar-refractivity contribution in [1.82, 2.24) is 0 Å². The van der Waals surface area contributed by atoms with Crippen LogP contribution in [-0.2, 0) is 4.74 Å². The van der Waals surface area contributed by atoms with Crippen LogP contribution in [0.3, 0.4) is 0 Å². The molecule has 21 heavy (non-hydrogen) atoms. The van der Waals surface area contributed by atoms with Crippen molar-refractivity contribution in [3.63, 3.8) is 0 Å². The summed E-state index contributed by atoms with van der Waals surface area (Å²) in [4.78, 5) is 11.4. The van der Waals surface area contributed by atoms with Crippen molar-refractivity contribution >= 4 is 18.4 Å². The summed E-state index contributed by atoms with van der Waals surface area (Å²) in [5, 5.41) is 10.4. The van der Waals surface area contributed by atoms with Crippen molar-refractivity contribution in [3.05, 3.63) is 35.4 Å². The highest BCUT2D eigenvalue weighted by Gasteiger charge is 2.27. The molecule has 0 spiro atoms. The number of esters is 1. The Kier molecular flexibility index (Phi) is 7.15. The number of ether oxygens (including phenoxy) is 1. The van der Waals surface area contributed by atoms with Crippen LogP contribution in [-0.4, -0.2) is 24.3 Å². The lowest BCUT2D eigenvalue weighted by Crippen LogP contribution is -2.34. The van der Waals surface area contributed by atoms with E-state index in [9.17, 15) is 9.90 Å². The highest BCUT2D eigenvalue weighted by molar-refractivity contribution is 5.89. The molecule has 0 unspecified atom stereocenters. The normalized spacial score (nSPS) is 18.4. The molecule has 1 saturated carbocycles. The zero-order valence-electron chi connectivity index (χ0n) is 12.3. The zero-order chi connectivity index (χ0) is 14.5. The van der Waals surface area contributed by atoms with Gasteiger partial charge in [-0.3, -0.25) is 0 Å². The number of benzene rings is 1. The smallest absolute Gasteiger partial charge is 0.337 e. The molecule has 1 aromatic rings. The number of carbonyl (C=O) groups is 1. The SMILES string of the molecule is COC(=O)c1ccc([C@H](N)[C@H](O)C2CCCCC2)cc1.Cl. The molecule has 1 fully saturated rings. The van der Waals surface area contributed by atoms with Gasteiger partial charge in [0.25, 0.3) is 0 Å². The highest BCUT2D eigenvalue weighted by atomic mass is 35.5. The van der Waals surface area contributed by atoms with Crippen molar-refractivity contribution in [2.75, 3.05) is 7.11 Å². The molecule has 1 aliphatic carbocycles. The Morgan fingerprint density at radius 1 is 1.24 bits per heavy atom. The van der Waals surface area contributed by atoms with E-state index in [4.69, 9.17) is 5.73 Å². The first-order chi connectivity index (χ1) is 9.63. The summed E-state index contributed by atoms with van der Waals surface area (Å²) in [6, 6.07) is 6.57. The third-order valence-corrected chi connectivity index (χ3v) is 4.22. The Bertz CT molecular complexity index is 443. The van der Waals surface area contributed by atoms with Gasteiger partial charge in [0.2, 0.25) is 0 Å². The third kappa shape index (κ3) is 4.43. The van der Waals surface area contributed by atoms with E-state index in [0.717, 1.165) is 18.4 Å². The first-order valence-corrected chi connectivity index (χ1v) is 7.25. The van der Waals surface area contributed by atoms with E-state index < -0.39 is 12.1 Å². The van der Waals surface area contributed by atoms with Gasteiger partial charge in [-0.15, -0.1) is 12.4 Å². The number of aliphatic hydroxyl groups excluding tert-OH is 1. The summed E-state index contributed by atoms with van der Waals surface area (Å²) in [6.07, 6.45) is 5.20. The van der Waals surface area contributed by atoms with E-state index in [1.807, 2.05) is 0 Å². The molecule has 4 nitrogen and oxygen atoms in total. The molecule has 1 aromatic carbocycles. The van der Waals surface area contributed by atoms with E-state index in [-0.39, 0.29) is 18.4 Å². The van der Waals surface area contributed by atoms with E-state index in [2.05, 4.69) is 4.74 Å². The number of halogens is 1. The minimum atomic E-state index is -0.515. The summed E-state index contributed by atoms with van der Waals surface area (Å²) >= 11 is 0. The van der Waals surface area contributed by atoms with Crippen LogP contribution in [0, 0.1) is 5.92 Å². The fraction of sp³-hybridized carbons (Fsp3) is 0.562. The van der Waals surface area contributed by atoms with Gasteiger partial charge in [-0.1, -0.05) is 31.4 Å². The number of hydrogen-bond acceptors (Lipinski definition) is 4. The van der Waals surface area contributed by atoms with E-state index in [1.54, 1.807) is 24.3 Å². The molecular formula is C16H24ClNO3. The quantitative estimate of drug-likeness (QED) is 0.838. The van der Waals surface area contributed by atoms with Gasteiger partial charge in [-0.2, -0.15) is 0 Å². The van der Waals surface area contributed by atoms with Crippen LogP contribution in [0.25, 0.3) is 0 Å². The predicted octanol–water partition coefficient (Wildman–Crippen LogP) is 2.84. The number of methoxy groups -OCH3 is 1. The molecule has 0 amide bonds. The van der Waals surface area contributed by atoms with Gasteiger partial charge in [0.1, 0.15) is 0 Å². The number of nitrogens with two attached hydrogens (primary N) is 1. The Morgan fingerprint density at radius 2 is 1.81 bits per heavy atom. The second kappa shape index (κ2) is 8.37. The predicted molar refractivity (Wildman–Crippen MR) is 84.5 cm³/mol. The van der Waals surface area contributed by atoms with Gasteiger partial charge < -0.3 is 15.6 Å². The van der Waals surface area contributed by atoms with Crippen molar-refractivity contribution < 1.29 is 14.6 Å². The lowest BCUT2D eigenvalue weighted by Gasteiger charge is -2.30. The first kappa shape index (κ1) is 18.0. The molecule has 1 aliphatic rings. The average Bonchev–Trinajstić information content (AvgIpc) is 2.53. The highest BCUT2D eigenvalue weighted by Crippen LogP contribution is 2.31. The van der Waals surface area contributed by atoms with Gasteiger partial charge in [0, 0.05) is 0 Å². The maximum atomic E-state index is 11.4. The first-order valence-electron chi connectivity index (χ1n) is 7.25. The molecule has 0 radical (unpaired) electrons. The largest absolute Gasteiger partial charge is 0.465 e. The molecule has 2 rings (SSSR count). The summed E-state index contributed by atoms with van der Waals surface area (Å²) < 4.78 is 4.66. The molecule has 0 saturated heterocycles. The van der Waals surface area contributed by atoms with Gasteiger partial charge in [-0.25, -0.2) is 4.79 Å². The molecule has 5 heteroatoms. The minimum Gasteiger partial charge on any atom is -0.465 e. The van der Waals surface area contributed by atoms with Crippen LogP contribution in [0.4, 0.5) is 0 Å². The number of hydrogen-bond donors (Lipinski definition) is 2. The number of carbonyl (C=O) groups excluding carboxylic acids is 1. The third-order valence-electron chi connectivity index (χ3n) is 4.22. The van der Waals surface area contributed by atoms with Crippen molar-refractivity contribution in [2.24, 2.45) is 11.7 Å². The van der Waals surface area contributed by atoms with Gasteiger partial charge >= 0.3 is 5.97 Å². The summed E-state index contributed by atoms with van der Waals surface area (Å²) in [6.45, 7) is 0. The lowest BCUT2D eigenvalue weighted by molar-refractivity contribution is 0.0600. The lowest BCUT2D eigenvalue weighted by atomic mass is 9.81. The molecular weight excluding hydrogens is 290 g/mol. The molecule has 3 N–H and O–H groups in total. The van der Waals surface area contributed by atoms with Crippen LogP contribution in [0.2, 0.25) is 0 Å². The molecule has 2 atom stereocenters. The van der Waals surface area contributed by atoms with Crippen LogP contribution in [0.5, 0.6) is 0 Å². The second-order valence-corrected chi connectivity index (χ2v) is 5.53. The summed E-state index contributed by atoms with van der Waals surface area (Å²) in [7, 11) is 1.36. The second-order valence-electron chi connectivity index (χ2n) is 5.53. The number of rotatable bonds is 4. The number of aliphatic hydroxyl groups is 1. The average molecular weight is 314 g/mol. The van der Waals surface area contributed by atoms with Crippen LogP contribution in [0.1, 0.15) is 54.1 Å². The van der Waals surface area contributed by atoms with E-state index in [1.165, 1.54) is 26.4 Å². The minimum absolute atomic E-state index is 0. The van der Waals surface area contributed by atoms with E-state index in [0.29, 0.717) is 11.5 Å². The van der Waals surface area contributed by atoms with E-state index >= 15 is 0 Å². The van der Waals surface area contributed by atoms with Gasteiger partial charge in [0.15, 0.2) is 0 Å². The van der Waals surface area contributed by atoms with Crippen LogP contribution >= 0.6 is 12.4 Å². The van der Waals surface area contributed by atoms with Crippen molar-refractivity contribution in [3.8, 4) is 0 Å². The van der Waals surface area contributed by atoms with Gasteiger partial charge in [0.05, 0.1) is 24.8 Å². The van der Waals surface area contributed by atoms with Crippen LogP contribution < -0.4 is 5.73 Å². The molecule has 0 aromatic heterocycles.